The predicted octanol–water partition coefficient (Wildman–Crippen LogP) is 4.38. The second-order valence-corrected chi connectivity index (χ2v) is 8.79. The molecule has 2 atom stereocenters. The molecule has 0 saturated carbocycles. The zero-order valence-corrected chi connectivity index (χ0v) is 20.4. The number of thiocarbonyl (C=S) groups is 1. The number of pyridine rings is 1. The van der Waals surface area contributed by atoms with E-state index < -0.39 is 0 Å². The molecule has 0 radical (unpaired) electrons. The van der Waals surface area contributed by atoms with Crippen LogP contribution in [0, 0.1) is 0 Å². The molecule has 0 aliphatic heterocycles. The van der Waals surface area contributed by atoms with Crippen LogP contribution in [-0.4, -0.2) is 37.2 Å². The van der Waals surface area contributed by atoms with Gasteiger partial charge >= 0.3 is 0 Å². The number of aromatic nitrogens is 1. The molecule has 1 aliphatic rings. The highest BCUT2D eigenvalue weighted by Gasteiger charge is 2.30. The first-order valence-corrected chi connectivity index (χ1v) is 11.9. The summed E-state index contributed by atoms with van der Waals surface area (Å²) >= 11 is 5.69. The smallest absolute Gasteiger partial charge is 0.188 e. The van der Waals surface area contributed by atoms with Crippen molar-refractivity contribution in [3.8, 4) is 11.5 Å². The minimum Gasteiger partial charge on any atom is -0.493 e. The number of fused-ring (bicyclic) bond motifs is 1. The van der Waals surface area contributed by atoms with E-state index in [1.54, 1.807) is 14.2 Å². The molecule has 178 valence electrons. The number of aryl methyl sites for hydroxylation is 1. The first kappa shape index (κ1) is 24.0. The molecule has 0 spiro atoms. The van der Waals surface area contributed by atoms with Crippen molar-refractivity contribution in [3.05, 3.63) is 89.2 Å². The SMILES string of the molecule is COCOc1ccc(CNC(=S)NC2CCc3ccccc3C2Cc2cccnc2)cc1OC. The van der Waals surface area contributed by atoms with Gasteiger partial charge in [-0.05, 0) is 71.9 Å². The number of benzene rings is 2. The molecule has 1 aromatic heterocycles. The van der Waals surface area contributed by atoms with Gasteiger partial charge in [0.25, 0.3) is 0 Å². The van der Waals surface area contributed by atoms with Gasteiger partial charge in [-0.15, -0.1) is 0 Å². The van der Waals surface area contributed by atoms with Crippen molar-refractivity contribution in [3.63, 3.8) is 0 Å². The van der Waals surface area contributed by atoms with Gasteiger partial charge in [-0.25, -0.2) is 0 Å². The van der Waals surface area contributed by atoms with Gasteiger partial charge in [0.05, 0.1) is 7.11 Å². The van der Waals surface area contributed by atoms with E-state index in [1.165, 1.54) is 16.7 Å². The summed E-state index contributed by atoms with van der Waals surface area (Å²) < 4.78 is 16.0. The lowest BCUT2D eigenvalue weighted by Gasteiger charge is -2.35. The maximum Gasteiger partial charge on any atom is 0.188 e. The van der Waals surface area contributed by atoms with Crippen LogP contribution in [0.1, 0.15) is 34.6 Å². The molecule has 0 saturated heterocycles. The summed E-state index contributed by atoms with van der Waals surface area (Å²) in [6.07, 6.45) is 6.77. The van der Waals surface area contributed by atoms with Gasteiger partial charge in [-0.2, -0.15) is 0 Å². The standard InChI is InChI=1S/C27H31N3O3S/c1-31-18-33-25-12-9-20(15-26(25)32-2)17-29-27(34)30-24-11-10-21-7-3-4-8-22(21)23(24)14-19-6-5-13-28-16-19/h3-9,12-13,15-16,23-24H,10-11,14,17-18H2,1-2H3,(H2,29,30,34). The van der Waals surface area contributed by atoms with Crippen molar-refractivity contribution < 1.29 is 14.2 Å². The summed E-state index contributed by atoms with van der Waals surface area (Å²) in [7, 11) is 3.21. The molecular weight excluding hydrogens is 446 g/mol. The second kappa shape index (κ2) is 11.8. The Morgan fingerprint density at radius 1 is 1.06 bits per heavy atom. The van der Waals surface area contributed by atoms with Crippen LogP contribution >= 0.6 is 12.2 Å². The summed E-state index contributed by atoms with van der Waals surface area (Å²) in [6.45, 7) is 0.760. The number of hydrogen-bond donors (Lipinski definition) is 2. The van der Waals surface area contributed by atoms with E-state index in [0.717, 1.165) is 24.8 Å². The van der Waals surface area contributed by atoms with Crippen molar-refractivity contribution >= 4 is 17.3 Å². The minimum absolute atomic E-state index is 0.173. The Hall–Kier alpha value is -3.16. The number of hydrogen-bond acceptors (Lipinski definition) is 5. The zero-order valence-electron chi connectivity index (χ0n) is 19.6. The van der Waals surface area contributed by atoms with Gasteiger partial charge < -0.3 is 24.8 Å². The summed E-state index contributed by atoms with van der Waals surface area (Å²) in [5.74, 6) is 1.63. The summed E-state index contributed by atoms with van der Waals surface area (Å²) in [6, 6.07) is 19.0. The fraction of sp³-hybridized carbons (Fsp3) is 0.333. The molecule has 4 rings (SSSR count). The predicted molar refractivity (Wildman–Crippen MR) is 137 cm³/mol. The Bertz CT molecular complexity index is 1090. The largest absolute Gasteiger partial charge is 0.493 e. The van der Waals surface area contributed by atoms with Crippen molar-refractivity contribution in [2.75, 3.05) is 21.0 Å². The summed E-state index contributed by atoms with van der Waals surface area (Å²) in [5.41, 5.74) is 5.11. The number of ether oxygens (including phenoxy) is 3. The highest BCUT2D eigenvalue weighted by molar-refractivity contribution is 7.80. The van der Waals surface area contributed by atoms with Gasteiger partial charge in [0.2, 0.25) is 0 Å². The van der Waals surface area contributed by atoms with Gasteiger partial charge in [0, 0.05) is 38.0 Å². The van der Waals surface area contributed by atoms with Crippen molar-refractivity contribution in [2.24, 2.45) is 0 Å². The maximum absolute atomic E-state index is 5.69. The van der Waals surface area contributed by atoms with Crippen LogP contribution in [0.2, 0.25) is 0 Å². The molecule has 0 fully saturated rings. The Morgan fingerprint density at radius 3 is 2.74 bits per heavy atom. The van der Waals surface area contributed by atoms with Gasteiger partial charge in [-0.1, -0.05) is 36.4 Å². The molecular formula is C27H31N3O3S. The van der Waals surface area contributed by atoms with Gasteiger partial charge in [0.15, 0.2) is 23.4 Å². The van der Waals surface area contributed by atoms with E-state index in [1.807, 2.05) is 36.7 Å². The molecule has 0 amide bonds. The Balaban J connectivity index is 1.41. The van der Waals surface area contributed by atoms with Crippen LogP contribution in [0.3, 0.4) is 0 Å². The lowest BCUT2D eigenvalue weighted by Crippen LogP contribution is -2.46. The Kier molecular flexibility index (Phi) is 8.33. The molecule has 34 heavy (non-hydrogen) atoms. The Morgan fingerprint density at radius 2 is 1.94 bits per heavy atom. The second-order valence-electron chi connectivity index (χ2n) is 8.38. The Labute approximate surface area is 206 Å². The quantitative estimate of drug-likeness (QED) is 0.350. The van der Waals surface area contributed by atoms with E-state index in [2.05, 4.69) is 45.9 Å². The van der Waals surface area contributed by atoms with Crippen LogP contribution < -0.4 is 20.1 Å². The first-order valence-electron chi connectivity index (χ1n) is 11.5. The van der Waals surface area contributed by atoms with E-state index in [0.29, 0.717) is 29.1 Å². The average Bonchev–Trinajstić information content (AvgIpc) is 2.88. The zero-order chi connectivity index (χ0) is 23.8. The van der Waals surface area contributed by atoms with E-state index in [9.17, 15) is 0 Å². The van der Waals surface area contributed by atoms with E-state index >= 15 is 0 Å². The minimum atomic E-state index is 0.173. The third kappa shape index (κ3) is 6.04. The van der Waals surface area contributed by atoms with Crippen LogP contribution in [0.5, 0.6) is 11.5 Å². The van der Waals surface area contributed by atoms with E-state index in [-0.39, 0.29) is 12.8 Å². The average molecular weight is 478 g/mol. The molecule has 3 aromatic rings. The number of methoxy groups -OCH3 is 2. The molecule has 1 aliphatic carbocycles. The normalized spacial score (nSPS) is 16.9. The topological polar surface area (TPSA) is 64.6 Å². The highest BCUT2D eigenvalue weighted by Crippen LogP contribution is 2.34. The molecule has 0 bridgehead atoms. The molecule has 2 N–H and O–H groups in total. The summed E-state index contributed by atoms with van der Waals surface area (Å²) in [5, 5.41) is 7.60. The van der Waals surface area contributed by atoms with Crippen LogP contribution in [0.4, 0.5) is 0 Å². The monoisotopic (exact) mass is 477 g/mol. The van der Waals surface area contributed by atoms with Crippen molar-refractivity contribution in [2.45, 2.75) is 37.8 Å². The van der Waals surface area contributed by atoms with E-state index in [4.69, 9.17) is 26.4 Å². The fourth-order valence-corrected chi connectivity index (χ4v) is 4.74. The highest BCUT2D eigenvalue weighted by atomic mass is 32.1. The van der Waals surface area contributed by atoms with Crippen molar-refractivity contribution in [1.29, 1.82) is 0 Å². The number of nitrogens with one attached hydrogen (secondary N) is 2. The fourth-order valence-electron chi connectivity index (χ4n) is 4.52. The molecule has 7 heteroatoms. The van der Waals surface area contributed by atoms with Crippen LogP contribution in [-0.2, 0) is 24.1 Å². The lowest BCUT2D eigenvalue weighted by atomic mass is 9.76. The first-order chi connectivity index (χ1) is 16.7. The number of nitrogens with zero attached hydrogens (tertiary/aromatic N) is 1. The lowest BCUT2D eigenvalue weighted by molar-refractivity contribution is 0.0491. The molecule has 2 aromatic carbocycles. The van der Waals surface area contributed by atoms with Crippen LogP contribution in [0.25, 0.3) is 0 Å². The van der Waals surface area contributed by atoms with Crippen molar-refractivity contribution in [1.82, 2.24) is 15.6 Å². The van der Waals surface area contributed by atoms with Gasteiger partial charge in [-0.3, -0.25) is 4.98 Å². The molecule has 1 heterocycles. The summed E-state index contributed by atoms with van der Waals surface area (Å²) in [4.78, 5) is 4.31. The van der Waals surface area contributed by atoms with Crippen LogP contribution in [0.15, 0.2) is 67.0 Å². The third-order valence-corrected chi connectivity index (χ3v) is 6.44. The third-order valence-electron chi connectivity index (χ3n) is 6.17. The van der Waals surface area contributed by atoms with Gasteiger partial charge in [0.1, 0.15) is 0 Å². The maximum atomic E-state index is 5.69. The molecule has 2 unspecified atom stereocenters. The number of rotatable bonds is 9. The molecule has 6 nitrogen and oxygen atoms in total.